The van der Waals surface area contributed by atoms with Crippen LogP contribution in [0, 0.1) is 19.8 Å². The molecule has 1 aliphatic carbocycles. The molecule has 0 aromatic carbocycles. The van der Waals surface area contributed by atoms with Gasteiger partial charge in [0.2, 0.25) is 5.91 Å². The summed E-state index contributed by atoms with van der Waals surface area (Å²) in [6, 6.07) is 0.0707. The molecule has 1 N–H and O–H groups in total. The summed E-state index contributed by atoms with van der Waals surface area (Å²) in [4.78, 5) is 35.0. The highest BCUT2D eigenvalue weighted by molar-refractivity contribution is 7.18. The Balaban J connectivity index is 1.59. The molecule has 7 heteroatoms. The molecule has 1 aliphatic heterocycles. The van der Waals surface area contributed by atoms with Crippen molar-refractivity contribution in [3.8, 4) is 0 Å². The minimum atomic E-state index is 0.0707. The molecule has 2 aliphatic rings. The van der Waals surface area contributed by atoms with Gasteiger partial charge in [-0.3, -0.25) is 19.1 Å². The summed E-state index contributed by atoms with van der Waals surface area (Å²) >= 11 is 1.61. The van der Waals surface area contributed by atoms with Crippen LogP contribution in [-0.4, -0.2) is 46.5 Å². The second kappa shape index (κ2) is 8.19. The summed E-state index contributed by atoms with van der Waals surface area (Å²) in [5.41, 5.74) is 1.14. The van der Waals surface area contributed by atoms with Crippen LogP contribution in [0.25, 0.3) is 10.2 Å². The summed E-state index contributed by atoms with van der Waals surface area (Å²) in [5, 5.41) is 3.84. The minimum Gasteiger partial charge on any atom is -0.355 e. The van der Waals surface area contributed by atoms with Crippen molar-refractivity contribution in [1.29, 1.82) is 0 Å². The quantitative estimate of drug-likeness (QED) is 0.784. The first kappa shape index (κ1) is 20.5. The fourth-order valence-corrected chi connectivity index (χ4v) is 5.33. The standard InChI is InChI=1S/C22H32N4O2S/c1-13(2)20-24-21-19(14(3)15(4)29-21)22(28)26(20)17-6-5-9-25(11-17)12-18(27)23-10-16-7-8-16/h13,16-17H,5-12H2,1-4H3,(H,23,27). The highest BCUT2D eigenvalue weighted by Crippen LogP contribution is 2.30. The number of hydrogen-bond donors (Lipinski definition) is 1. The van der Waals surface area contributed by atoms with Gasteiger partial charge >= 0.3 is 0 Å². The van der Waals surface area contributed by atoms with Crippen LogP contribution in [0.1, 0.15) is 67.8 Å². The number of piperidine rings is 1. The lowest BCUT2D eigenvalue weighted by Gasteiger charge is -2.34. The smallest absolute Gasteiger partial charge is 0.262 e. The Morgan fingerprint density at radius 2 is 2.03 bits per heavy atom. The monoisotopic (exact) mass is 416 g/mol. The maximum Gasteiger partial charge on any atom is 0.262 e. The number of hydrogen-bond acceptors (Lipinski definition) is 5. The van der Waals surface area contributed by atoms with Crippen LogP contribution in [0.2, 0.25) is 0 Å². The zero-order chi connectivity index (χ0) is 20.7. The number of amides is 1. The van der Waals surface area contributed by atoms with Crippen LogP contribution in [-0.2, 0) is 4.79 Å². The van der Waals surface area contributed by atoms with Crippen LogP contribution in [0.4, 0.5) is 0 Å². The predicted octanol–water partition coefficient (Wildman–Crippen LogP) is 3.36. The average Bonchev–Trinajstić information content (AvgIpc) is 3.45. The molecule has 1 amide bonds. The minimum absolute atomic E-state index is 0.0707. The van der Waals surface area contributed by atoms with Gasteiger partial charge in [0.05, 0.1) is 18.0 Å². The molecule has 29 heavy (non-hydrogen) atoms. The van der Waals surface area contributed by atoms with Gasteiger partial charge in [0, 0.05) is 23.9 Å². The van der Waals surface area contributed by atoms with Gasteiger partial charge in [-0.2, -0.15) is 0 Å². The zero-order valence-electron chi connectivity index (χ0n) is 18.0. The molecule has 1 saturated heterocycles. The third-order valence-corrected chi connectivity index (χ3v) is 7.38. The number of likely N-dealkylation sites (tertiary alicyclic amines) is 1. The van der Waals surface area contributed by atoms with Crippen molar-refractivity contribution in [1.82, 2.24) is 19.8 Å². The fraction of sp³-hybridized carbons (Fsp3) is 0.682. The molecule has 1 atom stereocenters. The Morgan fingerprint density at radius 1 is 1.28 bits per heavy atom. The molecule has 1 unspecified atom stereocenters. The van der Waals surface area contributed by atoms with Gasteiger partial charge in [-0.15, -0.1) is 11.3 Å². The summed E-state index contributed by atoms with van der Waals surface area (Å²) in [6.07, 6.45) is 4.42. The summed E-state index contributed by atoms with van der Waals surface area (Å²) in [7, 11) is 0. The Labute approximate surface area is 176 Å². The first-order valence-electron chi connectivity index (χ1n) is 10.9. The molecule has 0 spiro atoms. The highest BCUT2D eigenvalue weighted by Gasteiger charge is 2.28. The summed E-state index contributed by atoms with van der Waals surface area (Å²) in [5.74, 6) is 1.84. The number of fused-ring (bicyclic) bond motifs is 1. The molecular weight excluding hydrogens is 384 g/mol. The van der Waals surface area contributed by atoms with Crippen LogP contribution in [0.5, 0.6) is 0 Å². The number of nitrogens with one attached hydrogen (secondary N) is 1. The Morgan fingerprint density at radius 3 is 2.72 bits per heavy atom. The lowest BCUT2D eigenvalue weighted by atomic mass is 10.0. The van der Waals surface area contributed by atoms with Crippen molar-refractivity contribution in [2.24, 2.45) is 5.92 Å². The molecular formula is C22H32N4O2S. The SMILES string of the molecule is Cc1sc2nc(C(C)C)n(C3CCCN(CC(=O)NCC4CC4)C3)c(=O)c2c1C. The van der Waals surface area contributed by atoms with E-state index < -0.39 is 0 Å². The van der Waals surface area contributed by atoms with Crippen molar-refractivity contribution in [3.05, 3.63) is 26.6 Å². The largest absolute Gasteiger partial charge is 0.355 e. The van der Waals surface area contributed by atoms with Gasteiger partial charge in [-0.05, 0) is 57.6 Å². The van der Waals surface area contributed by atoms with E-state index in [2.05, 4.69) is 31.0 Å². The Hall–Kier alpha value is -1.73. The van der Waals surface area contributed by atoms with E-state index in [1.165, 1.54) is 12.8 Å². The van der Waals surface area contributed by atoms with E-state index >= 15 is 0 Å². The summed E-state index contributed by atoms with van der Waals surface area (Å²) in [6.45, 7) is 11.1. The molecule has 0 bridgehead atoms. The zero-order valence-corrected chi connectivity index (χ0v) is 18.8. The van der Waals surface area contributed by atoms with Gasteiger partial charge in [0.25, 0.3) is 5.56 Å². The maximum atomic E-state index is 13.5. The second-order valence-electron chi connectivity index (χ2n) is 9.04. The molecule has 2 aromatic heterocycles. The van der Waals surface area contributed by atoms with E-state index in [-0.39, 0.29) is 23.4 Å². The van der Waals surface area contributed by atoms with Crippen molar-refractivity contribution in [3.63, 3.8) is 0 Å². The predicted molar refractivity (Wildman–Crippen MR) is 118 cm³/mol. The van der Waals surface area contributed by atoms with E-state index in [1.807, 2.05) is 11.5 Å². The Bertz CT molecular complexity index is 973. The van der Waals surface area contributed by atoms with Crippen LogP contribution in [0.15, 0.2) is 4.79 Å². The average molecular weight is 417 g/mol. The lowest BCUT2D eigenvalue weighted by Crippen LogP contribution is -2.45. The molecule has 0 radical (unpaired) electrons. The van der Waals surface area contributed by atoms with Gasteiger partial charge < -0.3 is 5.32 Å². The molecule has 4 rings (SSSR count). The third kappa shape index (κ3) is 4.26. The van der Waals surface area contributed by atoms with Crippen molar-refractivity contribution in [2.45, 2.75) is 65.3 Å². The van der Waals surface area contributed by atoms with E-state index in [0.29, 0.717) is 12.5 Å². The third-order valence-electron chi connectivity index (χ3n) is 6.28. The first-order valence-corrected chi connectivity index (χ1v) is 11.7. The number of aromatic nitrogens is 2. The van der Waals surface area contributed by atoms with Crippen LogP contribution < -0.4 is 10.9 Å². The van der Waals surface area contributed by atoms with Crippen LogP contribution >= 0.6 is 11.3 Å². The molecule has 6 nitrogen and oxygen atoms in total. The van der Waals surface area contributed by atoms with E-state index in [0.717, 1.165) is 59.0 Å². The van der Waals surface area contributed by atoms with Gasteiger partial charge in [0.15, 0.2) is 0 Å². The van der Waals surface area contributed by atoms with E-state index in [1.54, 1.807) is 11.3 Å². The van der Waals surface area contributed by atoms with Gasteiger partial charge in [-0.1, -0.05) is 13.8 Å². The number of nitrogens with zero attached hydrogens (tertiary/aromatic N) is 3. The molecule has 2 aromatic rings. The second-order valence-corrected chi connectivity index (χ2v) is 10.2. The number of carbonyl (C=O) groups is 1. The lowest BCUT2D eigenvalue weighted by molar-refractivity contribution is -0.122. The number of thiophene rings is 1. The molecule has 3 heterocycles. The normalized spacial score (nSPS) is 20.5. The van der Waals surface area contributed by atoms with Gasteiger partial charge in [0.1, 0.15) is 10.7 Å². The van der Waals surface area contributed by atoms with E-state index in [9.17, 15) is 9.59 Å². The number of rotatable bonds is 6. The number of carbonyl (C=O) groups excluding carboxylic acids is 1. The fourth-order valence-electron chi connectivity index (χ4n) is 4.31. The molecule has 158 valence electrons. The maximum absolute atomic E-state index is 13.5. The Kier molecular flexibility index (Phi) is 5.80. The van der Waals surface area contributed by atoms with Crippen molar-refractivity contribution >= 4 is 27.5 Å². The van der Waals surface area contributed by atoms with Crippen LogP contribution in [0.3, 0.4) is 0 Å². The number of aryl methyl sites for hydroxylation is 2. The summed E-state index contributed by atoms with van der Waals surface area (Å²) < 4.78 is 1.94. The van der Waals surface area contributed by atoms with E-state index in [4.69, 9.17) is 4.98 Å². The van der Waals surface area contributed by atoms with Crippen molar-refractivity contribution in [2.75, 3.05) is 26.2 Å². The highest BCUT2D eigenvalue weighted by atomic mass is 32.1. The van der Waals surface area contributed by atoms with Crippen molar-refractivity contribution < 1.29 is 4.79 Å². The molecule has 1 saturated carbocycles. The topological polar surface area (TPSA) is 67.2 Å². The first-order chi connectivity index (χ1) is 13.8. The van der Waals surface area contributed by atoms with Gasteiger partial charge in [-0.25, -0.2) is 4.98 Å². The molecule has 2 fully saturated rings.